The molecule has 4 rings (SSSR count). The molecule has 0 unspecified atom stereocenters. The van der Waals surface area contributed by atoms with Gasteiger partial charge in [-0.1, -0.05) is 19.3 Å². The Kier molecular flexibility index (Phi) is 3.17. The van der Waals surface area contributed by atoms with Crippen LogP contribution in [0.25, 0.3) is 11.0 Å². The molecule has 1 aliphatic heterocycles. The Balaban J connectivity index is 1.86. The van der Waals surface area contributed by atoms with Gasteiger partial charge in [-0.2, -0.15) is 5.10 Å². The van der Waals surface area contributed by atoms with Gasteiger partial charge >= 0.3 is 0 Å². The number of halogens is 1. The maximum absolute atomic E-state index is 4.64. The summed E-state index contributed by atoms with van der Waals surface area (Å²) in [6.45, 7) is 1.10. The largest absolute Gasteiger partial charge is 0.350 e. The molecular formula is C15H20BrN5. The van der Waals surface area contributed by atoms with Crippen molar-refractivity contribution in [3.63, 3.8) is 0 Å². The molecule has 3 heterocycles. The highest BCUT2D eigenvalue weighted by molar-refractivity contribution is 9.10. The molecule has 112 valence electrons. The summed E-state index contributed by atoms with van der Waals surface area (Å²) in [6, 6.07) is 0. The third-order valence-corrected chi connectivity index (χ3v) is 5.75. The van der Waals surface area contributed by atoms with Gasteiger partial charge in [-0.25, -0.2) is 14.6 Å². The average Bonchev–Trinajstić information content (AvgIpc) is 3.02. The predicted octanol–water partition coefficient (Wildman–Crippen LogP) is 3.43. The maximum Gasteiger partial charge on any atom is 0.164 e. The van der Waals surface area contributed by atoms with Crippen LogP contribution in [0.15, 0.2) is 10.9 Å². The van der Waals surface area contributed by atoms with Crippen LogP contribution < -0.4 is 4.90 Å². The normalized spacial score (nSPS) is 21.5. The van der Waals surface area contributed by atoms with E-state index in [-0.39, 0.29) is 0 Å². The lowest BCUT2D eigenvalue weighted by molar-refractivity contribution is 0.296. The van der Waals surface area contributed by atoms with Crippen molar-refractivity contribution in [1.82, 2.24) is 19.7 Å². The fourth-order valence-electron chi connectivity index (χ4n) is 4.23. The summed E-state index contributed by atoms with van der Waals surface area (Å²) in [5.41, 5.74) is 1.24. The zero-order valence-electron chi connectivity index (χ0n) is 12.3. The number of anilines is 1. The summed E-state index contributed by atoms with van der Waals surface area (Å²) in [4.78, 5) is 11.6. The molecule has 0 N–H and O–H groups in total. The SMILES string of the molecule is Cn1nc(Br)c2c(N3CCCC34CCCCC4)ncnc21. The van der Waals surface area contributed by atoms with Crippen molar-refractivity contribution in [2.75, 3.05) is 11.4 Å². The molecule has 0 amide bonds. The Labute approximate surface area is 132 Å². The molecule has 6 heteroatoms. The molecule has 1 aliphatic carbocycles. The minimum Gasteiger partial charge on any atom is -0.350 e. The number of fused-ring (bicyclic) bond motifs is 1. The fourth-order valence-corrected chi connectivity index (χ4v) is 4.82. The lowest BCUT2D eigenvalue weighted by Gasteiger charge is -2.42. The van der Waals surface area contributed by atoms with E-state index in [0.717, 1.165) is 28.0 Å². The highest BCUT2D eigenvalue weighted by atomic mass is 79.9. The van der Waals surface area contributed by atoms with Gasteiger partial charge in [0.1, 0.15) is 16.7 Å². The first kappa shape index (κ1) is 13.5. The molecule has 5 nitrogen and oxygen atoms in total. The monoisotopic (exact) mass is 349 g/mol. The molecule has 0 bridgehead atoms. The van der Waals surface area contributed by atoms with E-state index in [2.05, 4.69) is 35.9 Å². The van der Waals surface area contributed by atoms with Crippen molar-refractivity contribution in [2.45, 2.75) is 50.5 Å². The van der Waals surface area contributed by atoms with E-state index >= 15 is 0 Å². The smallest absolute Gasteiger partial charge is 0.164 e. The first-order valence-electron chi connectivity index (χ1n) is 7.82. The van der Waals surface area contributed by atoms with Gasteiger partial charge in [-0.3, -0.25) is 0 Å². The molecule has 2 aromatic rings. The van der Waals surface area contributed by atoms with E-state index in [0.29, 0.717) is 5.54 Å². The predicted molar refractivity (Wildman–Crippen MR) is 86.4 cm³/mol. The zero-order chi connectivity index (χ0) is 14.4. The summed E-state index contributed by atoms with van der Waals surface area (Å²) in [5.74, 6) is 1.07. The van der Waals surface area contributed by atoms with E-state index in [1.54, 1.807) is 6.33 Å². The Hall–Kier alpha value is -1.17. The van der Waals surface area contributed by atoms with Crippen LogP contribution in [-0.4, -0.2) is 31.8 Å². The Morgan fingerprint density at radius 1 is 1.10 bits per heavy atom. The molecule has 0 aromatic carbocycles. The van der Waals surface area contributed by atoms with Crippen molar-refractivity contribution in [1.29, 1.82) is 0 Å². The number of rotatable bonds is 1. The van der Waals surface area contributed by atoms with Gasteiger partial charge in [0, 0.05) is 19.1 Å². The minimum atomic E-state index is 0.328. The Morgan fingerprint density at radius 3 is 2.67 bits per heavy atom. The van der Waals surface area contributed by atoms with Crippen LogP contribution in [0.1, 0.15) is 44.9 Å². The van der Waals surface area contributed by atoms with Gasteiger partial charge in [0.25, 0.3) is 0 Å². The van der Waals surface area contributed by atoms with Crippen molar-refractivity contribution >= 4 is 32.8 Å². The van der Waals surface area contributed by atoms with Crippen molar-refractivity contribution in [3.05, 3.63) is 10.9 Å². The van der Waals surface area contributed by atoms with Gasteiger partial charge in [0.05, 0.1) is 5.39 Å². The van der Waals surface area contributed by atoms with E-state index in [4.69, 9.17) is 0 Å². The van der Waals surface area contributed by atoms with Crippen molar-refractivity contribution in [2.24, 2.45) is 7.05 Å². The molecule has 1 saturated carbocycles. The van der Waals surface area contributed by atoms with Crippen LogP contribution in [0, 0.1) is 0 Å². The van der Waals surface area contributed by atoms with Crippen LogP contribution in [0.4, 0.5) is 5.82 Å². The van der Waals surface area contributed by atoms with Crippen LogP contribution >= 0.6 is 15.9 Å². The zero-order valence-corrected chi connectivity index (χ0v) is 13.9. The van der Waals surface area contributed by atoms with E-state index in [9.17, 15) is 0 Å². The first-order valence-corrected chi connectivity index (χ1v) is 8.61. The topological polar surface area (TPSA) is 46.8 Å². The Morgan fingerprint density at radius 2 is 1.86 bits per heavy atom. The lowest BCUT2D eigenvalue weighted by Crippen LogP contribution is -2.46. The molecule has 1 saturated heterocycles. The summed E-state index contributed by atoms with van der Waals surface area (Å²) < 4.78 is 2.68. The number of nitrogens with zero attached hydrogens (tertiary/aromatic N) is 5. The van der Waals surface area contributed by atoms with Crippen LogP contribution in [0.3, 0.4) is 0 Å². The quantitative estimate of drug-likeness (QED) is 0.791. The second-order valence-electron chi connectivity index (χ2n) is 6.35. The van der Waals surface area contributed by atoms with Gasteiger partial charge in [-0.15, -0.1) is 0 Å². The third kappa shape index (κ3) is 1.99. The number of aromatic nitrogens is 4. The standard InChI is InChI=1S/C15H20BrN5/c1-20-13-11(12(16)19-20)14(18-10-17-13)21-9-5-8-15(21)6-3-2-4-7-15/h10H,2-9H2,1H3. The van der Waals surface area contributed by atoms with Crippen LogP contribution in [0.2, 0.25) is 0 Å². The summed E-state index contributed by atoms with van der Waals surface area (Å²) in [6.07, 6.45) is 10.9. The van der Waals surface area contributed by atoms with Gasteiger partial charge in [-0.05, 0) is 41.6 Å². The molecule has 21 heavy (non-hydrogen) atoms. The van der Waals surface area contributed by atoms with Crippen LogP contribution in [-0.2, 0) is 7.05 Å². The fraction of sp³-hybridized carbons (Fsp3) is 0.667. The molecule has 0 radical (unpaired) electrons. The molecule has 2 aromatic heterocycles. The molecule has 1 spiro atoms. The maximum atomic E-state index is 4.64. The minimum absolute atomic E-state index is 0.328. The van der Waals surface area contributed by atoms with Gasteiger partial charge < -0.3 is 4.90 Å². The lowest BCUT2D eigenvalue weighted by atomic mass is 9.79. The summed E-state index contributed by atoms with van der Waals surface area (Å²) in [5, 5.41) is 5.52. The van der Waals surface area contributed by atoms with Crippen molar-refractivity contribution < 1.29 is 0 Å². The highest BCUT2D eigenvalue weighted by Gasteiger charge is 2.43. The second-order valence-corrected chi connectivity index (χ2v) is 7.10. The molecular weight excluding hydrogens is 330 g/mol. The third-order valence-electron chi connectivity index (χ3n) is 5.19. The molecule has 0 atom stereocenters. The summed E-state index contributed by atoms with van der Waals surface area (Å²) >= 11 is 3.59. The number of hydrogen-bond donors (Lipinski definition) is 0. The average molecular weight is 350 g/mol. The summed E-state index contributed by atoms with van der Waals surface area (Å²) in [7, 11) is 1.93. The number of aryl methyl sites for hydroxylation is 1. The molecule has 2 aliphatic rings. The van der Waals surface area contributed by atoms with Gasteiger partial charge in [0.15, 0.2) is 5.65 Å². The van der Waals surface area contributed by atoms with E-state index < -0.39 is 0 Å². The Bertz CT molecular complexity index is 674. The van der Waals surface area contributed by atoms with Crippen molar-refractivity contribution in [3.8, 4) is 0 Å². The van der Waals surface area contributed by atoms with E-state index in [1.165, 1.54) is 44.9 Å². The van der Waals surface area contributed by atoms with Gasteiger partial charge in [0.2, 0.25) is 0 Å². The van der Waals surface area contributed by atoms with E-state index in [1.807, 2.05) is 11.7 Å². The molecule has 2 fully saturated rings. The highest BCUT2D eigenvalue weighted by Crippen LogP contribution is 2.45. The second kappa shape index (κ2) is 4.93. The van der Waals surface area contributed by atoms with Crippen LogP contribution in [0.5, 0.6) is 0 Å². The first-order chi connectivity index (χ1) is 10.2. The number of hydrogen-bond acceptors (Lipinski definition) is 4.